The second-order valence-corrected chi connectivity index (χ2v) is 4.52. The predicted octanol–water partition coefficient (Wildman–Crippen LogP) is 3.53. The van der Waals surface area contributed by atoms with Gasteiger partial charge in [0.25, 0.3) is 0 Å². The molecule has 0 atom stereocenters. The van der Waals surface area contributed by atoms with Crippen LogP contribution in [0.4, 0.5) is 4.39 Å². The minimum Gasteiger partial charge on any atom is -0.496 e. The molecule has 100 valence electrons. The zero-order chi connectivity index (χ0) is 13.8. The van der Waals surface area contributed by atoms with Gasteiger partial charge in [-0.25, -0.2) is 4.39 Å². The van der Waals surface area contributed by atoms with Crippen molar-refractivity contribution in [3.63, 3.8) is 0 Å². The molecule has 0 spiro atoms. The van der Waals surface area contributed by atoms with Crippen LogP contribution >= 0.6 is 0 Å². The van der Waals surface area contributed by atoms with E-state index < -0.39 is 0 Å². The van der Waals surface area contributed by atoms with Crippen LogP contribution in [0.3, 0.4) is 0 Å². The van der Waals surface area contributed by atoms with Crippen molar-refractivity contribution in [2.75, 3.05) is 14.2 Å². The molecular formula is C16H18FNO. The number of ether oxygens (including phenoxy) is 1. The molecule has 0 unspecified atom stereocenters. The highest BCUT2D eigenvalue weighted by atomic mass is 19.1. The van der Waals surface area contributed by atoms with Crippen molar-refractivity contribution < 1.29 is 9.13 Å². The smallest absolute Gasteiger partial charge is 0.123 e. The maximum Gasteiger partial charge on any atom is 0.123 e. The summed E-state index contributed by atoms with van der Waals surface area (Å²) in [5, 5.41) is 3.10. The number of hydrogen-bond donors (Lipinski definition) is 1. The first-order valence-corrected chi connectivity index (χ1v) is 6.23. The molecule has 3 heteroatoms. The molecule has 0 aromatic heterocycles. The third-order valence-electron chi connectivity index (χ3n) is 3.14. The van der Waals surface area contributed by atoms with Crippen LogP contribution < -0.4 is 10.1 Å². The summed E-state index contributed by atoms with van der Waals surface area (Å²) >= 11 is 0. The number of aryl methyl sites for hydroxylation is 1. The average Bonchev–Trinajstić information content (AvgIpc) is 2.41. The van der Waals surface area contributed by atoms with Crippen LogP contribution in [0.15, 0.2) is 36.4 Å². The van der Waals surface area contributed by atoms with Crippen LogP contribution in [0.2, 0.25) is 0 Å². The topological polar surface area (TPSA) is 21.3 Å². The highest BCUT2D eigenvalue weighted by molar-refractivity contribution is 5.69. The number of methoxy groups -OCH3 is 1. The van der Waals surface area contributed by atoms with Gasteiger partial charge >= 0.3 is 0 Å². The van der Waals surface area contributed by atoms with Gasteiger partial charge in [-0.15, -0.1) is 0 Å². The first kappa shape index (κ1) is 13.6. The minimum absolute atomic E-state index is 0.219. The van der Waals surface area contributed by atoms with Gasteiger partial charge in [-0.3, -0.25) is 0 Å². The van der Waals surface area contributed by atoms with E-state index in [4.69, 9.17) is 4.74 Å². The second kappa shape index (κ2) is 5.85. The van der Waals surface area contributed by atoms with Gasteiger partial charge in [0.15, 0.2) is 0 Å². The quantitative estimate of drug-likeness (QED) is 0.907. The molecule has 2 aromatic carbocycles. The van der Waals surface area contributed by atoms with Gasteiger partial charge in [-0.05, 0) is 60.5 Å². The fraction of sp³-hybridized carbons (Fsp3) is 0.250. The Bertz CT molecular complexity index is 581. The number of halogens is 1. The highest BCUT2D eigenvalue weighted by Crippen LogP contribution is 2.29. The first-order chi connectivity index (χ1) is 9.15. The average molecular weight is 259 g/mol. The molecule has 0 saturated heterocycles. The Kier molecular flexibility index (Phi) is 4.17. The lowest BCUT2D eigenvalue weighted by atomic mass is 9.97. The molecule has 19 heavy (non-hydrogen) atoms. The summed E-state index contributed by atoms with van der Waals surface area (Å²) in [6, 6.07) is 10.8. The summed E-state index contributed by atoms with van der Waals surface area (Å²) in [4.78, 5) is 0. The van der Waals surface area contributed by atoms with Crippen LogP contribution in [0.5, 0.6) is 5.75 Å². The summed E-state index contributed by atoms with van der Waals surface area (Å²) in [6.45, 7) is 2.69. The summed E-state index contributed by atoms with van der Waals surface area (Å²) in [7, 11) is 3.53. The van der Waals surface area contributed by atoms with Gasteiger partial charge in [-0.1, -0.05) is 12.1 Å². The maximum absolute atomic E-state index is 13.5. The van der Waals surface area contributed by atoms with Crippen molar-refractivity contribution in [3.05, 3.63) is 53.3 Å². The normalized spacial score (nSPS) is 10.5. The van der Waals surface area contributed by atoms with Gasteiger partial charge < -0.3 is 10.1 Å². The van der Waals surface area contributed by atoms with Gasteiger partial charge in [0.05, 0.1) is 7.11 Å². The molecule has 0 aliphatic carbocycles. The Labute approximate surface area is 113 Å². The van der Waals surface area contributed by atoms with E-state index in [2.05, 4.69) is 5.32 Å². The zero-order valence-electron chi connectivity index (χ0n) is 11.5. The molecule has 0 heterocycles. The Morgan fingerprint density at radius 1 is 1.16 bits per heavy atom. The molecule has 0 aliphatic heterocycles. The van der Waals surface area contributed by atoms with E-state index in [0.717, 1.165) is 28.0 Å². The molecule has 0 radical (unpaired) electrons. The van der Waals surface area contributed by atoms with Crippen LogP contribution in [0.25, 0.3) is 11.1 Å². The van der Waals surface area contributed by atoms with Gasteiger partial charge in [-0.2, -0.15) is 0 Å². The van der Waals surface area contributed by atoms with E-state index in [0.29, 0.717) is 6.54 Å². The molecule has 1 N–H and O–H groups in total. The van der Waals surface area contributed by atoms with E-state index in [1.807, 2.05) is 38.2 Å². The van der Waals surface area contributed by atoms with Crippen molar-refractivity contribution in [1.29, 1.82) is 0 Å². The summed E-state index contributed by atoms with van der Waals surface area (Å²) in [5.74, 6) is 0.624. The Morgan fingerprint density at radius 2 is 1.95 bits per heavy atom. The number of rotatable bonds is 4. The summed E-state index contributed by atoms with van der Waals surface area (Å²) in [6.07, 6.45) is 0. The van der Waals surface area contributed by atoms with Gasteiger partial charge in [0, 0.05) is 6.54 Å². The molecular weight excluding hydrogens is 241 g/mol. The van der Waals surface area contributed by atoms with E-state index in [1.54, 1.807) is 13.2 Å². The van der Waals surface area contributed by atoms with Gasteiger partial charge in [0.2, 0.25) is 0 Å². The molecule has 2 aromatic rings. The third kappa shape index (κ3) is 2.93. The van der Waals surface area contributed by atoms with Crippen LogP contribution in [0, 0.1) is 12.7 Å². The largest absolute Gasteiger partial charge is 0.496 e. The number of nitrogens with one attached hydrogen (secondary N) is 1. The lowest BCUT2D eigenvalue weighted by molar-refractivity contribution is 0.412. The fourth-order valence-corrected chi connectivity index (χ4v) is 2.21. The van der Waals surface area contributed by atoms with Crippen LogP contribution in [0.1, 0.15) is 11.1 Å². The number of benzene rings is 2. The fourth-order valence-electron chi connectivity index (χ4n) is 2.21. The molecule has 0 saturated carbocycles. The lowest BCUT2D eigenvalue weighted by Gasteiger charge is -2.12. The molecule has 0 amide bonds. The lowest BCUT2D eigenvalue weighted by Crippen LogP contribution is -2.06. The molecule has 2 nitrogen and oxygen atoms in total. The zero-order valence-corrected chi connectivity index (χ0v) is 11.5. The second-order valence-electron chi connectivity index (χ2n) is 4.52. The Morgan fingerprint density at radius 3 is 2.58 bits per heavy atom. The monoisotopic (exact) mass is 259 g/mol. The first-order valence-electron chi connectivity index (χ1n) is 6.23. The predicted molar refractivity (Wildman–Crippen MR) is 75.9 cm³/mol. The summed E-state index contributed by atoms with van der Waals surface area (Å²) in [5.41, 5.74) is 4.04. The molecule has 0 fully saturated rings. The van der Waals surface area contributed by atoms with E-state index in [-0.39, 0.29) is 5.82 Å². The van der Waals surface area contributed by atoms with Crippen molar-refractivity contribution in [2.24, 2.45) is 0 Å². The van der Waals surface area contributed by atoms with Crippen LogP contribution in [-0.4, -0.2) is 14.2 Å². The van der Waals surface area contributed by atoms with Gasteiger partial charge in [0.1, 0.15) is 11.6 Å². The van der Waals surface area contributed by atoms with Crippen molar-refractivity contribution in [3.8, 4) is 16.9 Å². The maximum atomic E-state index is 13.5. The SMILES string of the molecule is CNCc1ccc(F)cc1-c1ccc(OC)c(C)c1. The van der Waals surface area contributed by atoms with E-state index >= 15 is 0 Å². The highest BCUT2D eigenvalue weighted by Gasteiger charge is 2.08. The van der Waals surface area contributed by atoms with Crippen molar-refractivity contribution in [2.45, 2.75) is 13.5 Å². The number of hydrogen-bond acceptors (Lipinski definition) is 2. The summed E-state index contributed by atoms with van der Waals surface area (Å²) < 4.78 is 18.7. The Hall–Kier alpha value is -1.87. The Balaban J connectivity index is 2.51. The minimum atomic E-state index is -0.219. The van der Waals surface area contributed by atoms with E-state index in [9.17, 15) is 4.39 Å². The molecule has 0 bridgehead atoms. The van der Waals surface area contributed by atoms with Crippen LogP contribution in [-0.2, 0) is 6.54 Å². The van der Waals surface area contributed by atoms with E-state index in [1.165, 1.54) is 6.07 Å². The third-order valence-corrected chi connectivity index (χ3v) is 3.14. The van der Waals surface area contributed by atoms with Crippen molar-refractivity contribution >= 4 is 0 Å². The standard InChI is InChI=1S/C16H18FNO/c1-11-8-12(5-7-16(11)19-3)15-9-14(17)6-4-13(15)10-18-2/h4-9,18H,10H2,1-3H3. The van der Waals surface area contributed by atoms with Crippen molar-refractivity contribution in [1.82, 2.24) is 5.32 Å². The molecule has 2 rings (SSSR count). The molecule has 0 aliphatic rings.